The summed E-state index contributed by atoms with van der Waals surface area (Å²) in [5, 5.41) is 2.76. The highest BCUT2D eigenvalue weighted by Crippen LogP contribution is 2.25. The van der Waals surface area contributed by atoms with E-state index < -0.39 is 0 Å². The Labute approximate surface area is 95.8 Å². The summed E-state index contributed by atoms with van der Waals surface area (Å²) >= 11 is 0. The minimum atomic E-state index is -0.0299. The number of carbonyl (C=O) groups excluding carboxylic acids is 1. The number of carbonyl (C=O) groups is 1. The van der Waals surface area contributed by atoms with Crippen LogP contribution >= 0.6 is 0 Å². The minimum Gasteiger partial charge on any atom is -0.490 e. The maximum atomic E-state index is 11.5. The average Bonchev–Trinajstić information content (AvgIpc) is 2.25. The van der Waals surface area contributed by atoms with Gasteiger partial charge >= 0.3 is 0 Å². The lowest BCUT2D eigenvalue weighted by Gasteiger charge is -2.26. The quantitative estimate of drug-likeness (QED) is 0.844. The van der Waals surface area contributed by atoms with Crippen molar-refractivity contribution >= 4 is 5.91 Å². The van der Waals surface area contributed by atoms with Gasteiger partial charge in [0.05, 0.1) is 6.10 Å². The van der Waals surface area contributed by atoms with Crippen LogP contribution in [0.4, 0.5) is 0 Å². The lowest BCUT2D eigenvalue weighted by molar-refractivity contribution is 0.0955. The molecule has 1 saturated carbocycles. The molecule has 1 fully saturated rings. The zero-order chi connectivity index (χ0) is 11.4. The number of nitrogens with one attached hydrogen (secondary N) is 1. The van der Waals surface area contributed by atoms with Crippen LogP contribution in [0.25, 0.3) is 0 Å². The van der Waals surface area contributed by atoms with Crippen molar-refractivity contribution in [2.75, 3.05) is 6.54 Å². The van der Waals surface area contributed by atoms with Gasteiger partial charge in [-0.05, 0) is 50.5 Å². The van der Waals surface area contributed by atoms with Crippen molar-refractivity contribution in [1.82, 2.24) is 5.32 Å². The number of benzene rings is 1. The zero-order valence-electron chi connectivity index (χ0n) is 9.53. The molecule has 1 aliphatic carbocycles. The lowest BCUT2D eigenvalue weighted by atomic mass is 9.96. The molecule has 2 rings (SSSR count). The van der Waals surface area contributed by atoms with E-state index in [-0.39, 0.29) is 5.91 Å². The van der Waals surface area contributed by atoms with Crippen LogP contribution in [0.15, 0.2) is 24.3 Å². The Balaban J connectivity index is 1.95. The van der Waals surface area contributed by atoms with Gasteiger partial charge in [-0.15, -0.1) is 0 Å². The third-order valence-corrected chi connectivity index (χ3v) is 2.81. The molecule has 86 valence electrons. The van der Waals surface area contributed by atoms with Crippen molar-refractivity contribution in [3.63, 3.8) is 0 Å². The molecule has 0 heterocycles. The molecule has 0 radical (unpaired) electrons. The SMILES string of the molecule is CCNC(=O)c1ccc(OC2CCC2)cc1. The fourth-order valence-corrected chi connectivity index (χ4v) is 1.63. The van der Waals surface area contributed by atoms with Crippen molar-refractivity contribution < 1.29 is 9.53 Å². The van der Waals surface area contributed by atoms with E-state index in [0.717, 1.165) is 18.6 Å². The summed E-state index contributed by atoms with van der Waals surface area (Å²) in [7, 11) is 0. The van der Waals surface area contributed by atoms with Crippen molar-refractivity contribution in [1.29, 1.82) is 0 Å². The molecule has 0 saturated heterocycles. The first kappa shape index (κ1) is 11.0. The van der Waals surface area contributed by atoms with Crippen LogP contribution in [0.1, 0.15) is 36.5 Å². The highest BCUT2D eigenvalue weighted by Gasteiger charge is 2.18. The zero-order valence-corrected chi connectivity index (χ0v) is 9.53. The Morgan fingerprint density at radius 3 is 2.56 bits per heavy atom. The Kier molecular flexibility index (Phi) is 3.44. The molecule has 0 aromatic heterocycles. The Hall–Kier alpha value is -1.51. The molecule has 3 nitrogen and oxygen atoms in total. The van der Waals surface area contributed by atoms with Gasteiger partial charge in [-0.25, -0.2) is 0 Å². The van der Waals surface area contributed by atoms with Gasteiger partial charge in [-0.2, -0.15) is 0 Å². The second kappa shape index (κ2) is 5.01. The standard InChI is InChI=1S/C13H17NO2/c1-2-14-13(15)10-6-8-12(9-7-10)16-11-4-3-5-11/h6-9,11H,2-5H2,1H3,(H,14,15). The molecule has 16 heavy (non-hydrogen) atoms. The maximum absolute atomic E-state index is 11.5. The highest BCUT2D eigenvalue weighted by atomic mass is 16.5. The molecule has 0 bridgehead atoms. The van der Waals surface area contributed by atoms with Crippen LogP contribution in [0.5, 0.6) is 5.75 Å². The van der Waals surface area contributed by atoms with Crippen molar-refractivity contribution in [3.8, 4) is 5.75 Å². The van der Waals surface area contributed by atoms with Gasteiger partial charge in [-0.1, -0.05) is 0 Å². The molecular formula is C13H17NO2. The summed E-state index contributed by atoms with van der Waals surface area (Å²) in [5.41, 5.74) is 0.683. The van der Waals surface area contributed by atoms with Crippen molar-refractivity contribution in [2.45, 2.75) is 32.3 Å². The van der Waals surface area contributed by atoms with Gasteiger partial charge in [0.1, 0.15) is 5.75 Å². The van der Waals surface area contributed by atoms with Crippen LogP contribution in [0.3, 0.4) is 0 Å². The Bertz CT molecular complexity index is 355. The second-order valence-electron chi connectivity index (χ2n) is 4.05. The third kappa shape index (κ3) is 2.54. The van der Waals surface area contributed by atoms with Gasteiger partial charge in [0.15, 0.2) is 0 Å². The summed E-state index contributed by atoms with van der Waals surface area (Å²) < 4.78 is 5.71. The minimum absolute atomic E-state index is 0.0299. The van der Waals surface area contributed by atoms with E-state index in [0.29, 0.717) is 18.2 Å². The largest absolute Gasteiger partial charge is 0.490 e. The van der Waals surface area contributed by atoms with Crippen molar-refractivity contribution in [2.24, 2.45) is 0 Å². The first-order chi connectivity index (χ1) is 7.79. The van der Waals surface area contributed by atoms with E-state index in [9.17, 15) is 4.79 Å². The average molecular weight is 219 g/mol. The van der Waals surface area contributed by atoms with Crippen LogP contribution < -0.4 is 10.1 Å². The monoisotopic (exact) mass is 219 g/mol. The number of hydrogen-bond donors (Lipinski definition) is 1. The second-order valence-corrected chi connectivity index (χ2v) is 4.05. The Morgan fingerprint density at radius 2 is 2.06 bits per heavy atom. The molecule has 1 amide bonds. The van der Waals surface area contributed by atoms with Gasteiger partial charge in [-0.3, -0.25) is 4.79 Å². The summed E-state index contributed by atoms with van der Waals surface area (Å²) in [4.78, 5) is 11.5. The van der Waals surface area contributed by atoms with Crippen LogP contribution in [0.2, 0.25) is 0 Å². The summed E-state index contributed by atoms with van der Waals surface area (Å²) in [6.07, 6.45) is 3.95. The van der Waals surface area contributed by atoms with E-state index >= 15 is 0 Å². The molecule has 1 N–H and O–H groups in total. The van der Waals surface area contributed by atoms with Crippen LogP contribution in [-0.2, 0) is 0 Å². The summed E-state index contributed by atoms with van der Waals surface area (Å²) in [5.74, 6) is 0.829. The topological polar surface area (TPSA) is 38.3 Å². The number of rotatable bonds is 4. The van der Waals surface area contributed by atoms with Gasteiger partial charge in [0, 0.05) is 12.1 Å². The van der Waals surface area contributed by atoms with E-state index in [1.807, 2.05) is 19.1 Å². The summed E-state index contributed by atoms with van der Waals surface area (Å²) in [6, 6.07) is 7.34. The fraction of sp³-hybridized carbons (Fsp3) is 0.462. The number of ether oxygens (including phenoxy) is 1. The maximum Gasteiger partial charge on any atom is 0.251 e. The molecule has 1 aromatic carbocycles. The van der Waals surface area contributed by atoms with Gasteiger partial charge in [0.25, 0.3) is 5.91 Å². The molecular weight excluding hydrogens is 202 g/mol. The first-order valence-electron chi connectivity index (χ1n) is 5.84. The molecule has 0 aliphatic heterocycles. The van der Waals surface area contributed by atoms with Crippen molar-refractivity contribution in [3.05, 3.63) is 29.8 Å². The fourth-order valence-electron chi connectivity index (χ4n) is 1.63. The summed E-state index contributed by atoms with van der Waals surface area (Å²) in [6.45, 7) is 2.56. The van der Waals surface area contributed by atoms with E-state index in [1.165, 1.54) is 6.42 Å². The third-order valence-electron chi connectivity index (χ3n) is 2.81. The molecule has 0 spiro atoms. The van der Waals surface area contributed by atoms with Gasteiger partial charge in [0.2, 0.25) is 0 Å². The van der Waals surface area contributed by atoms with E-state index in [1.54, 1.807) is 12.1 Å². The lowest BCUT2D eigenvalue weighted by Crippen LogP contribution is -2.25. The Morgan fingerprint density at radius 1 is 1.38 bits per heavy atom. The molecule has 0 atom stereocenters. The smallest absolute Gasteiger partial charge is 0.251 e. The number of hydrogen-bond acceptors (Lipinski definition) is 2. The molecule has 1 aliphatic rings. The number of amides is 1. The molecule has 1 aromatic rings. The predicted molar refractivity (Wildman–Crippen MR) is 62.7 cm³/mol. The van der Waals surface area contributed by atoms with Crippen LogP contribution in [0, 0.1) is 0 Å². The molecule has 3 heteroatoms. The van der Waals surface area contributed by atoms with Gasteiger partial charge < -0.3 is 10.1 Å². The van der Waals surface area contributed by atoms with E-state index in [4.69, 9.17) is 4.74 Å². The van der Waals surface area contributed by atoms with Crippen LogP contribution in [-0.4, -0.2) is 18.6 Å². The predicted octanol–water partition coefficient (Wildman–Crippen LogP) is 2.37. The first-order valence-corrected chi connectivity index (χ1v) is 5.84. The van der Waals surface area contributed by atoms with E-state index in [2.05, 4.69) is 5.32 Å². The highest BCUT2D eigenvalue weighted by molar-refractivity contribution is 5.94. The molecule has 0 unspecified atom stereocenters. The normalized spacial score (nSPS) is 15.3.